The van der Waals surface area contributed by atoms with Gasteiger partial charge in [0.25, 0.3) is 0 Å². The molecule has 2 unspecified atom stereocenters. The van der Waals surface area contributed by atoms with Crippen molar-refractivity contribution in [2.24, 2.45) is 11.3 Å². The summed E-state index contributed by atoms with van der Waals surface area (Å²) in [6.07, 6.45) is 1.79. The first-order chi connectivity index (χ1) is 6.58. The Morgan fingerprint density at radius 3 is 2.43 bits per heavy atom. The van der Waals surface area contributed by atoms with Gasteiger partial charge in [0.15, 0.2) is 0 Å². The molecule has 1 aromatic carbocycles. The fourth-order valence-electron chi connectivity index (χ4n) is 1.37. The molecule has 0 spiro atoms. The van der Waals surface area contributed by atoms with Crippen LogP contribution < -0.4 is 0 Å². The highest BCUT2D eigenvalue weighted by Gasteiger charge is 2.27. The summed E-state index contributed by atoms with van der Waals surface area (Å²) >= 11 is 0. The molecule has 1 nitrogen and oxygen atoms in total. The highest BCUT2D eigenvalue weighted by Crippen LogP contribution is 2.28. The van der Waals surface area contributed by atoms with Crippen LogP contribution in [0.25, 0.3) is 0 Å². The van der Waals surface area contributed by atoms with Gasteiger partial charge in [0.05, 0.1) is 0 Å². The second-order valence-corrected chi connectivity index (χ2v) is 4.19. The molecule has 0 saturated heterocycles. The van der Waals surface area contributed by atoms with E-state index in [4.69, 9.17) is 0 Å². The largest absolute Gasteiger partial charge is 0.303 e. The van der Waals surface area contributed by atoms with Crippen LogP contribution >= 0.6 is 0 Å². The summed E-state index contributed by atoms with van der Waals surface area (Å²) in [5.74, 6) is 0.125. The Labute approximate surface area is 86.1 Å². The zero-order chi connectivity index (χ0) is 10.6. The van der Waals surface area contributed by atoms with Crippen LogP contribution in [0.15, 0.2) is 30.3 Å². The lowest BCUT2D eigenvalue weighted by molar-refractivity contribution is -0.117. The van der Waals surface area contributed by atoms with Crippen molar-refractivity contribution in [3.63, 3.8) is 0 Å². The van der Waals surface area contributed by atoms with Crippen molar-refractivity contribution in [2.45, 2.75) is 20.3 Å². The van der Waals surface area contributed by atoms with Gasteiger partial charge >= 0.3 is 0 Å². The predicted molar refractivity (Wildman–Crippen MR) is 58.8 cm³/mol. The van der Waals surface area contributed by atoms with Crippen LogP contribution in [0.2, 0.25) is 0 Å². The van der Waals surface area contributed by atoms with E-state index in [0.717, 1.165) is 12.7 Å². The standard InChI is InChI=1S/C13H17O/c1-11(2)13(3,10-14)9-12-7-5-4-6-8-12/h4-8,10-11H,1,9H2,2-3H3. The number of hydrogen-bond donors (Lipinski definition) is 0. The highest BCUT2D eigenvalue weighted by molar-refractivity contribution is 5.60. The van der Waals surface area contributed by atoms with E-state index in [1.807, 2.05) is 44.2 Å². The summed E-state index contributed by atoms with van der Waals surface area (Å²) in [7, 11) is 0. The van der Waals surface area contributed by atoms with E-state index < -0.39 is 0 Å². The molecule has 0 saturated carbocycles. The maximum Gasteiger partial charge on any atom is 0.126 e. The second-order valence-electron chi connectivity index (χ2n) is 4.19. The van der Waals surface area contributed by atoms with Crippen molar-refractivity contribution in [2.75, 3.05) is 0 Å². The van der Waals surface area contributed by atoms with Crippen molar-refractivity contribution in [3.8, 4) is 0 Å². The normalized spacial score (nSPS) is 15.1. The Morgan fingerprint density at radius 2 is 2.00 bits per heavy atom. The summed E-state index contributed by atoms with van der Waals surface area (Å²) in [5.41, 5.74) is 0.846. The van der Waals surface area contributed by atoms with Gasteiger partial charge in [0.2, 0.25) is 0 Å². The lowest BCUT2D eigenvalue weighted by Crippen LogP contribution is -2.28. The monoisotopic (exact) mass is 189 g/mol. The zero-order valence-electron chi connectivity index (χ0n) is 8.86. The molecule has 0 N–H and O–H groups in total. The van der Waals surface area contributed by atoms with Crippen LogP contribution in [0.3, 0.4) is 0 Å². The lowest BCUT2D eigenvalue weighted by Gasteiger charge is -2.27. The first-order valence-electron chi connectivity index (χ1n) is 4.92. The van der Waals surface area contributed by atoms with E-state index in [2.05, 4.69) is 6.92 Å². The van der Waals surface area contributed by atoms with Gasteiger partial charge in [-0.25, -0.2) is 0 Å². The maximum atomic E-state index is 11.0. The molecule has 0 aromatic heterocycles. The van der Waals surface area contributed by atoms with E-state index in [1.54, 1.807) is 0 Å². The molecule has 1 rings (SSSR count). The fraction of sp³-hybridized carbons (Fsp3) is 0.385. The first-order valence-corrected chi connectivity index (χ1v) is 4.92. The SMILES string of the molecule is [CH2]C(C)C(C)(C=O)Cc1ccccc1. The third-order valence-electron chi connectivity index (χ3n) is 2.82. The van der Waals surface area contributed by atoms with Gasteiger partial charge in [-0.15, -0.1) is 0 Å². The molecule has 0 aliphatic heterocycles. The second kappa shape index (κ2) is 4.41. The molecule has 1 aromatic rings. The van der Waals surface area contributed by atoms with Gasteiger partial charge in [-0.2, -0.15) is 0 Å². The minimum atomic E-state index is -0.346. The number of carbonyl (C=O) groups is 1. The van der Waals surface area contributed by atoms with Crippen LogP contribution in [-0.4, -0.2) is 6.29 Å². The predicted octanol–water partition coefficient (Wildman–Crippen LogP) is 2.90. The number of benzene rings is 1. The van der Waals surface area contributed by atoms with Gasteiger partial charge in [-0.05, 0) is 24.8 Å². The van der Waals surface area contributed by atoms with Gasteiger partial charge < -0.3 is 4.79 Å². The molecule has 1 radical (unpaired) electrons. The average Bonchev–Trinajstić information content (AvgIpc) is 2.19. The summed E-state index contributed by atoms with van der Waals surface area (Å²) in [4.78, 5) is 11.0. The molecule has 0 fully saturated rings. The summed E-state index contributed by atoms with van der Waals surface area (Å²) in [6.45, 7) is 7.89. The summed E-state index contributed by atoms with van der Waals surface area (Å²) in [6, 6.07) is 10.1. The Balaban J connectivity index is 2.81. The number of carbonyl (C=O) groups excluding carboxylic acids is 1. The Hall–Kier alpha value is -1.11. The van der Waals surface area contributed by atoms with Gasteiger partial charge in [0, 0.05) is 5.41 Å². The molecular weight excluding hydrogens is 172 g/mol. The molecular formula is C13H17O. The topological polar surface area (TPSA) is 17.1 Å². The van der Waals surface area contributed by atoms with Crippen LogP contribution in [0.4, 0.5) is 0 Å². The van der Waals surface area contributed by atoms with Crippen LogP contribution in [0, 0.1) is 18.3 Å². The quantitative estimate of drug-likeness (QED) is 0.665. The van der Waals surface area contributed by atoms with E-state index in [1.165, 1.54) is 5.56 Å². The van der Waals surface area contributed by atoms with Crippen LogP contribution in [0.1, 0.15) is 19.4 Å². The van der Waals surface area contributed by atoms with Gasteiger partial charge in [-0.3, -0.25) is 0 Å². The molecule has 75 valence electrons. The van der Waals surface area contributed by atoms with E-state index in [9.17, 15) is 4.79 Å². The molecule has 14 heavy (non-hydrogen) atoms. The fourth-order valence-corrected chi connectivity index (χ4v) is 1.37. The van der Waals surface area contributed by atoms with Crippen molar-refractivity contribution in [3.05, 3.63) is 42.8 Å². The minimum Gasteiger partial charge on any atom is -0.303 e. The zero-order valence-corrected chi connectivity index (χ0v) is 8.86. The lowest BCUT2D eigenvalue weighted by atomic mass is 9.76. The van der Waals surface area contributed by atoms with E-state index in [0.29, 0.717) is 0 Å². The first kappa shape index (κ1) is 11.0. The molecule has 0 aliphatic carbocycles. The minimum absolute atomic E-state index is 0.125. The van der Waals surface area contributed by atoms with Crippen molar-refractivity contribution in [1.29, 1.82) is 0 Å². The number of hydrogen-bond acceptors (Lipinski definition) is 1. The molecule has 0 amide bonds. The Kier molecular flexibility index (Phi) is 3.45. The molecule has 2 atom stereocenters. The van der Waals surface area contributed by atoms with E-state index in [-0.39, 0.29) is 11.3 Å². The van der Waals surface area contributed by atoms with Crippen molar-refractivity contribution >= 4 is 6.29 Å². The van der Waals surface area contributed by atoms with Crippen molar-refractivity contribution < 1.29 is 4.79 Å². The number of rotatable bonds is 4. The smallest absolute Gasteiger partial charge is 0.126 e. The molecule has 0 bridgehead atoms. The van der Waals surface area contributed by atoms with E-state index >= 15 is 0 Å². The third-order valence-corrected chi connectivity index (χ3v) is 2.82. The van der Waals surface area contributed by atoms with Gasteiger partial charge in [-0.1, -0.05) is 44.2 Å². The highest BCUT2D eigenvalue weighted by atomic mass is 16.1. The maximum absolute atomic E-state index is 11.0. The van der Waals surface area contributed by atoms with Gasteiger partial charge in [0.1, 0.15) is 6.29 Å². The third kappa shape index (κ3) is 2.44. The molecule has 1 heteroatoms. The Bertz CT molecular complexity index is 289. The van der Waals surface area contributed by atoms with Crippen LogP contribution in [-0.2, 0) is 11.2 Å². The van der Waals surface area contributed by atoms with Crippen LogP contribution in [0.5, 0.6) is 0 Å². The summed E-state index contributed by atoms with van der Waals surface area (Å²) in [5, 5.41) is 0. The Morgan fingerprint density at radius 1 is 1.43 bits per heavy atom. The summed E-state index contributed by atoms with van der Waals surface area (Å²) < 4.78 is 0. The molecule has 0 aliphatic rings. The van der Waals surface area contributed by atoms with Crippen molar-refractivity contribution in [1.82, 2.24) is 0 Å². The average molecular weight is 189 g/mol. The number of aldehydes is 1. The molecule has 0 heterocycles.